The number of hydrogen-bond acceptors (Lipinski definition) is 8. The molecule has 8 nitrogen and oxygen atoms in total. The topological polar surface area (TPSA) is 117 Å². The quantitative estimate of drug-likeness (QED) is 0.334. The Hall–Kier alpha value is -1.12. The van der Waals surface area contributed by atoms with Crippen molar-refractivity contribution in [3.63, 3.8) is 0 Å². The van der Waals surface area contributed by atoms with Gasteiger partial charge < -0.3 is 9.47 Å². The average molecular weight is 597 g/mol. The highest BCUT2D eigenvalue weighted by molar-refractivity contribution is 8.77. The molecule has 0 spiro atoms. The van der Waals surface area contributed by atoms with Crippen LogP contribution in [0.5, 0.6) is 0 Å². The lowest BCUT2D eigenvalue weighted by Gasteiger charge is -2.33. The molecule has 2 N–H and O–H groups in total. The maximum atomic E-state index is 13.1. The van der Waals surface area contributed by atoms with E-state index in [2.05, 4.69) is 9.44 Å². The lowest BCUT2D eigenvalue weighted by Crippen LogP contribution is -2.47. The van der Waals surface area contributed by atoms with Crippen LogP contribution in [-0.2, 0) is 29.5 Å². The Balaban J connectivity index is 1.14. The average Bonchev–Trinajstić information content (AvgIpc) is 3.78. The largest absolute Gasteiger partial charge is 0.369 e. The molecule has 2 saturated carbocycles. The Labute approximate surface area is 232 Å². The van der Waals surface area contributed by atoms with Crippen molar-refractivity contribution in [3.05, 3.63) is 59.7 Å². The number of ether oxygens (including phenoxy) is 2. The van der Waals surface area contributed by atoms with Gasteiger partial charge in [-0.05, 0) is 63.8 Å². The minimum absolute atomic E-state index is 0.0103. The maximum Gasteiger partial charge on any atom is 0.240 e. The molecule has 0 amide bonds. The fourth-order valence-electron chi connectivity index (χ4n) is 5.35. The van der Waals surface area contributed by atoms with Crippen molar-refractivity contribution in [2.45, 2.75) is 96.3 Å². The number of rotatable bonds is 9. The van der Waals surface area contributed by atoms with Gasteiger partial charge in [0.25, 0.3) is 0 Å². The Morgan fingerprint density at radius 3 is 1.32 bits per heavy atom. The fourth-order valence-corrected chi connectivity index (χ4v) is 11.7. The van der Waals surface area contributed by atoms with Crippen molar-refractivity contribution in [3.8, 4) is 0 Å². The Morgan fingerprint density at radius 1 is 0.605 bits per heavy atom. The molecule has 0 aromatic heterocycles. The van der Waals surface area contributed by atoms with Crippen LogP contribution < -0.4 is 9.44 Å². The third kappa shape index (κ3) is 5.97. The molecule has 2 aromatic carbocycles. The Bertz CT molecular complexity index is 1280. The van der Waals surface area contributed by atoms with Crippen molar-refractivity contribution in [2.24, 2.45) is 0 Å². The van der Waals surface area contributed by atoms with E-state index in [1.54, 1.807) is 70.1 Å². The lowest BCUT2D eigenvalue weighted by atomic mass is 9.96. The first-order chi connectivity index (χ1) is 18.1. The molecule has 2 aliphatic carbocycles. The van der Waals surface area contributed by atoms with Gasteiger partial charge in [-0.15, -0.1) is 0 Å². The predicted octanol–water partition coefficient (Wildman–Crippen LogP) is 3.54. The van der Waals surface area contributed by atoms with E-state index in [4.69, 9.17) is 9.47 Å². The second kappa shape index (κ2) is 10.4. The smallest absolute Gasteiger partial charge is 0.240 e. The van der Waals surface area contributed by atoms with Crippen LogP contribution >= 0.6 is 21.6 Å². The van der Waals surface area contributed by atoms with E-state index in [0.29, 0.717) is 12.8 Å². The molecule has 2 unspecified atom stereocenters. The van der Waals surface area contributed by atoms with E-state index < -0.39 is 20.0 Å². The SMILES string of the molecule is Cc1ccc(S(=O)(=O)NC2C[C@H]3O[C@H]3CC2SS[C@@H]2C[C@@H]3O[C@@H]3C[C@H]2NS(=O)(=O)c2ccc(C)cc2)cc1. The van der Waals surface area contributed by atoms with E-state index in [9.17, 15) is 16.8 Å². The van der Waals surface area contributed by atoms with Crippen LogP contribution in [0, 0.1) is 13.8 Å². The van der Waals surface area contributed by atoms with Crippen LogP contribution in [0.25, 0.3) is 0 Å². The standard InChI is InChI=1S/C26H32N2O6S4/c1-15-3-7-17(8-4-15)37(29,30)27-19-11-21-23(33-21)13-25(19)35-36-26-14-24-22(34-24)12-20(26)28-38(31,32)18-9-5-16(2)6-10-18/h3-10,19-28H,11-14H2,1-2H3/t19-,20?,21-,22-,23+,24+,25-,26?/m1/s1. The highest BCUT2D eigenvalue weighted by Crippen LogP contribution is 2.50. The number of nitrogens with one attached hydrogen (secondary N) is 2. The summed E-state index contributed by atoms with van der Waals surface area (Å²) < 4.78 is 70.0. The normalized spacial score (nSPS) is 34.3. The summed E-state index contributed by atoms with van der Waals surface area (Å²) in [6.07, 6.45) is 3.35. The molecule has 38 heavy (non-hydrogen) atoms. The van der Waals surface area contributed by atoms with E-state index >= 15 is 0 Å². The van der Waals surface area contributed by atoms with Crippen molar-refractivity contribution in [1.29, 1.82) is 0 Å². The number of hydrogen-bond donors (Lipinski definition) is 2. The fraction of sp³-hybridized carbons (Fsp3) is 0.538. The molecule has 12 heteroatoms. The van der Waals surface area contributed by atoms with Crippen molar-refractivity contribution in [1.82, 2.24) is 9.44 Å². The monoisotopic (exact) mass is 596 g/mol. The summed E-state index contributed by atoms with van der Waals surface area (Å²) in [6, 6.07) is 13.2. The summed E-state index contributed by atoms with van der Waals surface area (Å²) in [6.45, 7) is 3.85. The second-order valence-corrected chi connectivity index (χ2v) is 16.9. The van der Waals surface area contributed by atoms with Gasteiger partial charge in [-0.2, -0.15) is 0 Å². The third-order valence-electron chi connectivity index (χ3n) is 7.75. The molecule has 6 rings (SSSR count). The summed E-state index contributed by atoms with van der Waals surface area (Å²) in [7, 11) is -4.04. The van der Waals surface area contributed by atoms with Gasteiger partial charge >= 0.3 is 0 Å². The first-order valence-electron chi connectivity index (χ1n) is 12.9. The van der Waals surface area contributed by atoms with E-state index in [1.807, 2.05) is 13.8 Å². The van der Waals surface area contributed by atoms with E-state index in [1.165, 1.54) is 0 Å². The number of fused-ring (bicyclic) bond motifs is 2. The maximum absolute atomic E-state index is 13.1. The summed E-state index contributed by atoms with van der Waals surface area (Å²) in [5.74, 6) is 0. The highest BCUT2D eigenvalue weighted by atomic mass is 33.1. The van der Waals surface area contributed by atoms with Gasteiger partial charge in [0.15, 0.2) is 0 Å². The van der Waals surface area contributed by atoms with E-state index in [-0.39, 0.29) is 56.8 Å². The molecule has 2 heterocycles. The first-order valence-corrected chi connectivity index (χ1v) is 18.1. The minimum atomic E-state index is -3.67. The second-order valence-electron chi connectivity index (χ2n) is 10.7. The van der Waals surface area contributed by atoms with Crippen molar-refractivity contribution >= 4 is 41.6 Å². The highest BCUT2D eigenvalue weighted by Gasteiger charge is 2.52. The van der Waals surface area contributed by atoms with Gasteiger partial charge in [0.1, 0.15) is 0 Å². The van der Waals surface area contributed by atoms with Gasteiger partial charge in [-0.3, -0.25) is 0 Å². The molecule has 0 bridgehead atoms. The van der Waals surface area contributed by atoms with Crippen LogP contribution in [0.1, 0.15) is 36.8 Å². The van der Waals surface area contributed by atoms with Crippen LogP contribution in [0.2, 0.25) is 0 Å². The molecule has 2 aromatic rings. The minimum Gasteiger partial charge on any atom is -0.369 e. The van der Waals surface area contributed by atoms with Crippen LogP contribution in [0.15, 0.2) is 58.3 Å². The summed E-state index contributed by atoms with van der Waals surface area (Å²) in [5.41, 5.74) is 2.00. The molecule has 4 fully saturated rings. The van der Waals surface area contributed by atoms with Gasteiger partial charge in [-0.1, -0.05) is 57.0 Å². The molecule has 206 valence electrons. The van der Waals surface area contributed by atoms with Gasteiger partial charge in [0.2, 0.25) is 20.0 Å². The number of benzene rings is 2. The molecule has 8 atom stereocenters. The Kier molecular flexibility index (Phi) is 7.39. The molecule has 0 radical (unpaired) electrons. The van der Waals surface area contributed by atoms with Crippen molar-refractivity contribution in [2.75, 3.05) is 0 Å². The van der Waals surface area contributed by atoms with Crippen LogP contribution in [-0.4, -0.2) is 63.8 Å². The number of aryl methyl sites for hydroxylation is 2. The van der Waals surface area contributed by atoms with Gasteiger partial charge in [0.05, 0.1) is 34.2 Å². The third-order valence-corrected chi connectivity index (χ3v) is 14.2. The summed E-state index contributed by atoms with van der Waals surface area (Å²) in [4.78, 5) is 0.515. The van der Waals surface area contributed by atoms with Gasteiger partial charge in [-0.25, -0.2) is 26.3 Å². The predicted molar refractivity (Wildman–Crippen MR) is 149 cm³/mol. The number of sulfonamides is 2. The van der Waals surface area contributed by atoms with E-state index in [0.717, 1.165) is 24.0 Å². The zero-order chi connectivity index (χ0) is 26.7. The Morgan fingerprint density at radius 2 is 0.947 bits per heavy atom. The number of epoxide rings is 2. The molecule has 2 saturated heterocycles. The summed E-state index contributed by atoms with van der Waals surface area (Å²) >= 11 is 0. The molecular weight excluding hydrogens is 565 g/mol. The first kappa shape index (κ1) is 27.1. The summed E-state index contributed by atoms with van der Waals surface area (Å²) in [5, 5.41) is 0.0207. The van der Waals surface area contributed by atoms with Crippen molar-refractivity contribution < 1.29 is 26.3 Å². The van der Waals surface area contributed by atoms with Crippen LogP contribution in [0.3, 0.4) is 0 Å². The zero-order valence-electron chi connectivity index (χ0n) is 21.1. The zero-order valence-corrected chi connectivity index (χ0v) is 24.4. The lowest BCUT2D eigenvalue weighted by molar-refractivity contribution is 0.370. The molecular formula is C26H32N2O6S4. The van der Waals surface area contributed by atoms with Crippen LogP contribution in [0.4, 0.5) is 0 Å². The van der Waals surface area contributed by atoms with Gasteiger partial charge in [0, 0.05) is 22.6 Å². The molecule has 2 aliphatic heterocycles. The molecule has 4 aliphatic rings.